The highest BCUT2D eigenvalue weighted by atomic mass is 16.4. The van der Waals surface area contributed by atoms with E-state index < -0.39 is 5.97 Å². The Morgan fingerprint density at radius 2 is 2.37 bits per heavy atom. The molecule has 5 nitrogen and oxygen atoms in total. The lowest BCUT2D eigenvalue weighted by Crippen LogP contribution is -2.24. The van der Waals surface area contributed by atoms with Crippen LogP contribution in [0.5, 0.6) is 0 Å². The molecule has 5 heteroatoms. The van der Waals surface area contributed by atoms with Gasteiger partial charge in [0, 0.05) is 12.7 Å². The summed E-state index contributed by atoms with van der Waals surface area (Å²) in [5, 5.41) is 13.4. The van der Waals surface area contributed by atoms with Gasteiger partial charge in [0.15, 0.2) is 0 Å². The lowest BCUT2D eigenvalue weighted by atomic mass is 9.96. The van der Waals surface area contributed by atoms with Crippen LogP contribution in [0, 0.1) is 11.8 Å². The molecule has 0 aromatic carbocycles. The van der Waals surface area contributed by atoms with E-state index in [-0.39, 0.29) is 11.8 Å². The van der Waals surface area contributed by atoms with Gasteiger partial charge in [0.25, 0.3) is 0 Å². The van der Waals surface area contributed by atoms with Gasteiger partial charge in [-0.1, -0.05) is 6.42 Å². The molecule has 19 heavy (non-hydrogen) atoms. The van der Waals surface area contributed by atoms with Crippen molar-refractivity contribution in [3.8, 4) is 0 Å². The summed E-state index contributed by atoms with van der Waals surface area (Å²) in [4.78, 5) is 15.4. The van der Waals surface area contributed by atoms with E-state index in [9.17, 15) is 4.79 Å². The Bertz CT molecular complexity index is 593. The van der Waals surface area contributed by atoms with Gasteiger partial charge >= 0.3 is 5.97 Å². The second-order valence-corrected chi connectivity index (χ2v) is 5.01. The molecule has 2 atom stereocenters. The number of rotatable bonds is 4. The SMILES string of the molecule is O=C(O)C1CCCC1CNc1nccc2occc12. The van der Waals surface area contributed by atoms with E-state index in [1.807, 2.05) is 12.1 Å². The third kappa shape index (κ3) is 2.28. The maximum atomic E-state index is 11.1. The van der Waals surface area contributed by atoms with Crippen LogP contribution in [-0.4, -0.2) is 22.6 Å². The smallest absolute Gasteiger partial charge is 0.306 e. The summed E-state index contributed by atoms with van der Waals surface area (Å²) in [5.41, 5.74) is 0.790. The van der Waals surface area contributed by atoms with Crippen molar-refractivity contribution < 1.29 is 14.3 Å². The molecule has 2 aromatic heterocycles. The summed E-state index contributed by atoms with van der Waals surface area (Å²) in [6.07, 6.45) is 6.06. The molecule has 2 aromatic rings. The average Bonchev–Trinajstić information content (AvgIpc) is 3.04. The molecule has 2 unspecified atom stereocenters. The van der Waals surface area contributed by atoms with Gasteiger partial charge in [-0.25, -0.2) is 4.98 Å². The second-order valence-electron chi connectivity index (χ2n) is 5.01. The number of furan rings is 1. The lowest BCUT2D eigenvalue weighted by Gasteiger charge is -2.16. The fourth-order valence-corrected chi connectivity index (χ4v) is 2.87. The van der Waals surface area contributed by atoms with Crippen molar-refractivity contribution in [2.75, 3.05) is 11.9 Å². The minimum atomic E-state index is -0.682. The van der Waals surface area contributed by atoms with E-state index in [1.165, 1.54) is 0 Å². The third-order valence-electron chi connectivity index (χ3n) is 3.89. The van der Waals surface area contributed by atoms with Crippen molar-refractivity contribution >= 4 is 22.8 Å². The van der Waals surface area contributed by atoms with Crippen LogP contribution in [0.1, 0.15) is 19.3 Å². The van der Waals surface area contributed by atoms with Crippen molar-refractivity contribution in [1.29, 1.82) is 0 Å². The molecule has 1 saturated carbocycles. The maximum Gasteiger partial charge on any atom is 0.306 e. The highest BCUT2D eigenvalue weighted by Crippen LogP contribution is 2.32. The van der Waals surface area contributed by atoms with Crippen molar-refractivity contribution in [2.45, 2.75) is 19.3 Å². The largest absolute Gasteiger partial charge is 0.481 e. The maximum absolute atomic E-state index is 11.1. The van der Waals surface area contributed by atoms with Gasteiger partial charge in [-0.05, 0) is 30.9 Å². The van der Waals surface area contributed by atoms with Crippen LogP contribution in [0.4, 0.5) is 5.82 Å². The zero-order chi connectivity index (χ0) is 13.2. The zero-order valence-electron chi connectivity index (χ0n) is 10.5. The fourth-order valence-electron chi connectivity index (χ4n) is 2.87. The first-order chi connectivity index (χ1) is 9.25. The first-order valence-corrected chi connectivity index (χ1v) is 6.54. The molecule has 1 aliphatic carbocycles. The summed E-state index contributed by atoms with van der Waals surface area (Å²) in [6.45, 7) is 0.647. The Labute approximate surface area is 110 Å². The van der Waals surface area contributed by atoms with Gasteiger partial charge in [-0.15, -0.1) is 0 Å². The van der Waals surface area contributed by atoms with E-state index in [1.54, 1.807) is 12.5 Å². The van der Waals surface area contributed by atoms with Gasteiger partial charge in [0.05, 0.1) is 17.6 Å². The minimum absolute atomic E-state index is 0.182. The first kappa shape index (κ1) is 12.0. The van der Waals surface area contributed by atoms with Gasteiger partial charge in [0.1, 0.15) is 11.4 Å². The number of carboxylic acids is 1. The van der Waals surface area contributed by atoms with Gasteiger partial charge in [-0.3, -0.25) is 4.79 Å². The van der Waals surface area contributed by atoms with Crippen LogP contribution < -0.4 is 5.32 Å². The second kappa shape index (κ2) is 4.91. The number of carbonyl (C=O) groups is 1. The Morgan fingerprint density at radius 3 is 3.21 bits per heavy atom. The number of hydrogen-bond donors (Lipinski definition) is 2. The third-order valence-corrected chi connectivity index (χ3v) is 3.89. The highest BCUT2D eigenvalue weighted by Gasteiger charge is 2.32. The standard InChI is InChI=1S/C14H16N2O3/c17-14(18)10-3-1-2-9(10)8-16-13-11-5-7-19-12(11)4-6-15-13/h4-7,9-10H,1-3,8H2,(H,15,16)(H,17,18). The Balaban J connectivity index is 1.72. The molecular formula is C14H16N2O3. The number of aromatic nitrogens is 1. The van der Waals surface area contributed by atoms with Crippen LogP contribution >= 0.6 is 0 Å². The normalized spacial score (nSPS) is 22.7. The average molecular weight is 260 g/mol. The molecular weight excluding hydrogens is 244 g/mol. The highest BCUT2D eigenvalue weighted by molar-refractivity contribution is 5.87. The quantitative estimate of drug-likeness (QED) is 0.884. The van der Waals surface area contributed by atoms with E-state index in [4.69, 9.17) is 9.52 Å². The van der Waals surface area contributed by atoms with Gasteiger partial charge in [-0.2, -0.15) is 0 Å². The molecule has 0 spiro atoms. The predicted octanol–water partition coefficient (Wildman–Crippen LogP) is 2.74. The molecule has 2 heterocycles. The number of hydrogen-bond acceptors (Lipinski definition) is 4. The van der Waals surface area contributed by atoms with Crippen LogP contribution in [0.2, 0.25) is 0 Å². The molecule has 1 aliphatic rings. The number of anilines is 1. The monoisotopic (exact) mass is 260 g/mol. The van der Waals surface area contributed by atoms with Crippen molar-refractivity contribution in [3.05, 3.63) is 24.6 Å². The van der Waals surface area contributed by atoms with Crippen LogP contribution in [0.3, 0.4) is 0 Å². The fraction of sp³-hybridized carbons (Fsp3) is 0.429. The molecule has 0 aliphatic heterocycles. The van der Waals surface area contributed by atoms with Crippen molar-refractivity contribution in [2.24, 2.45) is 11.8 Å². The zero-order valence-corrected chi connectivity index (χ0v) is 10.5. The number of nitrogens with one attached hydrogen (secondary N) is 1. The lowest BCUT2D eigenvalue weighted by molar-refractivity contribution is -0.142. The van der Waals surface area contributed by atoms with E-state index >= 15 is 0 Å². The molecule has 0 bridgehead atoms. The molecule has 0 radical (unpaired) electrons. The Hall–Kier alpha value is -2.04. The molecule has 100 valence electrons. The number of pyridine rings is 1. The van der Waals surface area contributed by atoms with Crippen LogP contribution in [0.25, 0.3) is 11.0 Å². The Morgan fingerprint density at radius 1 is 1.47 bits per heavy atom. The van der Waals surface area contributed by atoms with Crippen LogP contribution in [-0.2, 0) is 4.79 Å². The molecule has 0 amide bonds. The van der Waals surface area contributed by atoms with E-state index in [0.29, 0.717) is 6.54 Å². The van der Waals surface area contributed by atoms with Crippen molar-refractivity contribution in [3.63, 3.8) is 0 Å². The predicted molar refractivity (Wildman–Crippen MR) is 71.0 cm³/mol. The summed E-state index contributed by atoms with van der Waals surface area (Å²) in [5.74, 6) is 0.0403. The summed E-state index contributed by atoms with van der Waals surface area (Å²) >= 11 is 0. The van der Waals surface area contributed by atoms with Crippen LogP contribution in [0.15, 0.2) is 29.0 Å². The number of fused-ring (bicyclic) bond motifs is 1. The topological polar surface area (TPSA) is 75.4 Å². The van der Waals surface area contributed by atoms with Gasteiger partial charge < -0.3 is 14.8 Å². The van der Waals surface area contributed by atoms with E-state index in [0.717, 1.165) is 36.0 Å². The number of carboxylic acid groups (broad SMARTS) is 1. The molecule has 1 fully saturated rings. The minimum Gasteiger partial charge on any atom is -0.481 e. The molecule has 0 saturated heterocycles. The van der Waals surface area contributed by atoms with Gasteiger partial charge in [0.2, 0.25) is 0 Å². The Kier molecular flexibility index (Phi) is 3.11. The summed E-state index contributed by atoms with van der Waals surface area (Å²) < 4.78 is 5.32. The summed E-state index contributed by atoms with van der Waals surface area (Å²) in [6, 6.07) is 3.68. The summed E-state index contributed by atoms with van der Waals surface area (Å²) in [7, 11) is 0. The van der Waals surface area contributed by atoms with Crippen molar-refractivity contribution in [1.82, 2.24) is 4.98 Å². The number of nitrogens with zero attached hydrogens (tertiary/aromatic N) is 1. The van der Waals surface area contributed by atoms with E-state index in [2.05, 4.69) is 10.3 Å². The molecule has 2 N–H and O–H groups in total. The molecule has 3 rings (SSSR count). The first-order valence-electron chi connectivity index (χ1n) is 6.54. The number of aliphatic carboxylic acids is 1.